The molecule has 1 fully saturated rings. The van der Waals surface area contributed by atoms with Crippen LogP contribution in [0.15, 0.2) is 61.2 Å². The molecule has 0 saturated heterocycles. The van der Waals surface area contributed by atoms with Crippen molar-refractivity contribution in [2.24, 2.45) is 5.92 Å². The summed E-state index contributed by atoms with van der Waals surface area (Å²) < 4.78 is 17.1. The average molecular weight is 563 g/mol. The van der Waals surface area contributed by atoms with Crippen molar-refractivity contribution < 1.29 is 23.8 Å². The largest absolute Gasteiger partial charge is 0.462 e. The van der Waals surface area contributed by atoms with E-state index in [9.17, 15) is 9.59 Å². The third-order valence-corrected chi connectivity index (χ3v) is 7.55. The molecule has 0 spiro atoms. The van der Waals surface area contributed by atoms with Crippen LogP contribution >= 0.6 is 0 Å². The number of carbonyl (C=O) groups is 2. The predicted molar refractivity (Wildman–Crippen MR) is 165 cm³/mol. The van der Waals surface area contributed by atoms with Gasteiger partial charge in [-0.3, -0.25) is 4.79 Å². The van der Waals surface area contributed by atoms with Crippen molar-refractivity contribution in [3.63, 3.8) is 0 Å². The van der Waals surface area contributed by atoms with Crippen molar-refractivity contribution in [1.82, 2.24) is 0 Å². The molecule has 0 radical (unpaired) electrons. The summed E-state index contributed by atoms with van der Waals surface area (Å²) in [5.41, 5.74) is 14.2. The van der Waals surface area contributed by atoms with Crippen LogP contribution in [-0.4, -0.2) is 31.3 Å². The van der Waals surface area contributed by atoms with Gasteiger partial charge in [-0.25, -0.2) is 4.79 Å². The smallest absolute Gasteiger partial charge is 0.330 e. The number of allylic oxidation sites excluding steroid dienone is 1. The number of benzene rings is 2. The molecular formula is C34H46N2O5. The van der Waals surface area contributed by atoms with E-state index in [2.05, 4.69) is 6.58 Å². The third-order valence-electron chi connectivity index (χ3n) is 7.55. The standard InChI is InChI=1S/C34H46N2O5/c1-4-5-6-7-8-9-22-39-28-18-13-26(14-19-28)33(38)41-29-16-10-25(11-17-29)12-21-32(37)40-24-34(2,3)30-20-15-27(35)23-31(30)36/h4,10-12,15-17,20-21,23,26,28H,1,5-9,13-14,18-19,22,24,35-36H2,2-3H3/b21-12+. The molecular weight excluding hydrogens is 516 g/mol. The van der Waals surface area contributed by atoms with Crippen LogP contribution in [-0.2, 0) is 24.5 Å². The summed E-state index contributed by atoms with van der Waals surface area (Å²) in [5, 5.41) is 0. The number of unbranched alkanes of at least 4 members (excludes halogenated alkanes) is 4. The Morgan fingerprint density at radius 2 is 1.68 bits per heavy atom. The fraction of sp³-hybridized carbons (Fsp3) is 0.471. The minimum absolute atomic E-state index is 0.101. The number of rotatable bonds is 15. The highest BCUT2D eigenvalue weighted by atomic mass is 16.5. The second kappa shape index (κ2) is 16.0. The Bertz CT molecular complexity index is 1160. The van der Waals surface area contributed by atoms with E-state index in [1.165, 1.54) is 25.3 Å². The van der Waals surface area contributed by atoms with E-state index in [0.29, 0.717) is 17.1 Å². The number of carbonyl (C=O) groups excluding carboxylic acids is 2. The van der Waals surface area contributed by atoms with Gasteiger partial charge in [-0.05, 0) is 86.4 Å². The first-order chi connectivity index (χ1) is 19.7. The highest BCUT2D eigenvalue weighted by molar-refractivity contribution is 5.87. The van der Waals surface area contributed by atoms with Gasteiger partial charge in [0.2, 0.25) is 0 Å². The number of ether oxygens (including phenoxy) is 3. The highest BCUT2D eigenvalue weighted by Gasteiger charge is 2.28. The first kappa shape index (κ1) is 31.9. The van der Waals surface area contributed by atoms with Crippen molar-refractivity contribution in [1.29, 1.82) is 0 Å². The van der Waals surface area contributed by atoms with Crippen molar-refractivity contribution in [3.8, 4) is 5.75 Å². The van der Waals surface area contributed by atoms with Crippen molar-refractivity contribution in [2.75, 3.05) is 24.7 Å². The second-order valence-electron chi connectivity index (χ2n) is 11.5. The molecule has 0 bridgehead atoms. The maximum absolute atomic E-state index is 12.7. The molecule has 41 heavy (non-hydrogen) atoms. The number of nitrogens with two attached hydrogens (primary N) is 2. The second-order valence-corrected chi connectivity index (χ2v) is 11.5. The zero-order chi connectivity index (χ0) is 29.7. The first-order valence-corrected chi connectivity index (χ1v) is 14.7. The van der Waals surface area contributed by atoms with Gasteiger partial charge in [-0.15, -0.1) is 6.58 Å². The maximum atomic E-state index is 12.7. The van der Waals surface area contributed by atoms with Crippen molar-refractivity contribution >= 4 is 29.4 Å². The molecule has 1 aliphatic rings. The molecule has 3 rings (SSSR count). The molecule has 7 nitrogen and oxygen atoms in total. The molecule has 1 aliphatic carbocycles. The molecule has 7 heteroatoms. The number of hydrogen-bond acceptors (Lipinski definition) is 7. The molecule has 0 aliphatic heterocycles. The lowest BCUT2D eigenvalue weighted by Crippen LogP contribution is -2.29. The minimum atomic E-state index is -0.468. The van der Waals surface area contributed by atoms with E-state index < -0.39 is 11.4 Å². The lowest BCUT2D eigenvalue weighted by Gasteiger charge is -2.27. The van der Waals surface area contributed by atoms with Gasteiger partial charge in [-0.1, -0.05) is 51.0 Å². The Morgan fingerprint density at radius 1 is 0.976 bits per heavy atom. The Balaban J connectivity index is 1.36. The summed E-state index contributed by atoms with van der Waals surface area (Å²) in [7, 11) is 0. The van der Waals surface area contributed by atoms with Crippen LogP contribution in [0.25, 0.3) is 6.08 Å². The van der Waals surface area contributed by atoms with Gasteiger partial charge in [0.05, 0.1) is 12.0 Å². The fourth-order valence-electron chi connectivity index (χ4n) is 5.05. The monoisotopic (exact) mass is 562 g/mol. The van der Waals surface area contributed by atoms with Crippen molar-refractivity contribution in [2.45, 2.75) is 83.2 Å². The zero-order valence-corrected chi connectivity index (χ0v) is 24.6. The lowest BCUT2D eigenvalue weighted by molar-refractivity contribution is -0.141. The van der Waals surface area contributed by atoms with Crippen LogP contribution in [0.5, 0.6) is 5.75 Å². The molecule has 4 N–H and O–H groups in total. The Labute approximate surface area is 244 Å². The topological polar surface area (TPSA) is 114 Å². The summed E-state index contributed by atoms with van der Waals surface area (Å²) in [6, 6.07) is 12.4. The number of esters is 2. The maximum Gasteiger partial charge on any atom is 0.330 e. The molecule has 0 heterocycles. The molecule has 2 aromatic carbocycles. The van der Waals surface area contributed by atoms with E-state index in [1.807, 2.05) is 26.0 Å². The van der Waals surface area contributed by atoms with Crippen LogP contribution in [0.3, 0.4) is 0 Å². The summed E-state index contributed by atoms with van der Waals surface area (Å²) >= 11 is 0. The van der Waals surface area contributed by atoms with Gasteiger partial charge in [0.25, 0.3) is 0 Å². The SMILES string of the molecule is C=CCCCCCCOC1CCC(C(=O)Oc2ccc(/C=C/C(=O)OCC(C)(C)c3ccc(N)cc3N)cc2)CC1. The summed E-state index contributed by atoms with van der Waals surface area (Å²) in [6.45, 7) is 8.64. The number of nitrogen functional groups attached to an aromatic ring is 2. The Morgan fingerprint density at radius 3 is 2.37 bits per heavy atom. The minimum Gasteiger partial charge on any atom is -0.462 e. The molecule has 222 valence electrons. The van der Waals surface area contributed by atoms with Crippen LogP contribution in [0.4, 0.5) is 11.4 Å². The van der Waals surface area contributed by atoms with E-state index in [0.717, 1.165) is 56.3 Å². The Hall–Kier alpha value is -3.58. The zero-order valence-electron chi connectivity index (χ0n) is 24.6. The molecule has 0 unspecified atom stereocenters. The molecule has 1 saturated carbocycles. The van der Waals surface area contributed by atoms with Gasteiger partial charge in [0, 0.05) is 29.5 Å². The van der Waals surface area contributed by atoms with Gasteiger partial charge in [-0.2, -0.15) is 0 Å². The quantitative estimate of drug-likeness (QED) is 0.0600. The molecule has 0 aromatic heterocycles. The van der Waals surface area contributed by atoms with Crippen LogP contribution < -0.4 is 16.2 Å². The Kier molecular flexibility index (Phi) is 12.5. The normalized spacial score (nSPS) is 17.3. The van der Waals surface area contributed by atoms with Gasteiger partial charge >= 0.3 is 11.9 Å². The van der Waals surface area contributed by atoms with Crippen LogP contribution in [0.2, 0.25) is 0 Å². The average Bonchev–Trinajstić information content (AvgIpc) is 2.95. The van der Waals surface area contributed by atoms with Gasteiger partial charge in [0.1, 0.15) is 12.4 Å². The predicted octanol–water partition coefficient (Wildman–Crippen LogP) is 7.00. The number of hydrogen-bond donors (Lipinski definition) is 2. The molecule has 0 amide bonds. The number of anilines is 2. The third kappa shape index (κ3) is 10.7. The van der Waals surface area contributed by atoms with E-state index >= 15 is 0 Å². The van der Waals surface area contributed by atoms with Gasteiger partial charge in [0.15, 0.2) is 0 Å². The summed E-state index contributed by atoms with van der Waals surface area (Å²) in [6.07, 6.45) is 14.4. The van der Waals surface area contributed by atoms with Crippen LogP contribution in [0.1, 0.15) is 82.8 Å². The summed E-state index contributed by atoms with van der Waals surface area (Å²) in [5.74, 6) is -0.254. The fourth-order valence-corrected chi connectivity index (χ4v) is 5.05. The lowest BCUT2D eigenvalue weighted by atomic mass is 9.84. The summed E-state index contributed by atoms with van der Waals surface area (Å²) in [4.78, 5) is 25.0. The van der Waals surface area contributed by atoms with E-state index in [-0.39, 0.29) is 24.6 Å². The van der Waals surface area contributed by atoms with Crippen molar-refractivity contribution in [3.05, 3.63) is 72.3 Å². The molecule has 0 atom stereocenters. The highest BCUT2D eigenvalue weighted by Crippen LogP contribution is 2.30. The van der Waals surface area contributed by atoms with Gasteiger partial charge < -0.3 is 25.7 Å². The van der Waals surface area contributed by atoms with Crippen LogP contribution in [0, 0.1) is 5.92 Å². The molecule has 2 aromatic rings. The first-order valence-electron chi connectivity index (χ1n) is 14.7. The van der Waals surface area contributed by atoms with E-state index in [1.54, 1.807) is 42.5 Å². The van der Waals surface area contributed by atoms with E-state index in [4.69, 9.17) is 25.7 Å².